The van der Waals surface area contributed by atoms with Crippen LogP contribution in [0.4, 0.5) is 11.5 Å². The average molecular weight is 742 g/mol. The number of likely N-dealkylation sites (tertiary alicyclic amines) is 1. The van der Waals surface area contributed by atoms with Crippen LogP contribution >= 0.6 is 11.3 Å². The highest BCUT2D eigenvalue weighted by atomic mass is 32.1. The van der Waals surface area contributed by atoms with Gasteiger partial charge < -0.3 is 36.4 Å². The summed E-state index contributed by atoms with van der Waals surface area (Å²) in [5, 5.41) is 35.1. The van der Waals surface area contributed by atoms with E-state index in [9.17, 15) is 24.6 Å². The Morgan fingerprint density at radius 1 is 1.04 bits per heavy atom. The zero-order valence-corrected chi connectivity index (χ0v) is 31.3. The maximum atomic E-state index is 14.1. The van der Waals surface area contributed by atoms with E-state index >= 15 is 0 Å². The van der Waals surface area contributed by atoms with Crippen LogP contribution in [-0.4, -0.2) is 110 Å². The lowest BCUT2D eigenvalue weighted by Gasteiger charge is -2.37. The number of nitrogens with zero attached hydrogens (tertiary/aromatic N) is 6. The van der Waals surface area contributed by atoms with Crippen molar-refractivity contribution in [3.05, 3.63) is 71.4 Å². The van der Waals surface area contributed by atoms with Crippen molar-refractivity contribution in [3.8, 4) is 27.4 Å². The second-order valence-corrected chi connectivity index (χ2v) is 15.6. The number of nitrogen functional groups attached to an aromatic ring is 1. The third-order valence-electron chi connectivity index (χ3n) is 9.77. The number of anilines is 2. The molecule has 0 aliphatic carbocycles. The number of carbonyl (C=O) groups is 3. The Morgan fingerprint density at radius 2 is 1.75 bits per heavy atom. The molecule has 2 aliphatic heterocycles. The summed E-state index contributed by atoms with van der Waals surface area (Å²) in [5.74, 6) is -0.696. The standard InChI is InChI=1S/C38H47N9O5S/c1-23-33(53-22-41-23)25-11-9-24(10-12-25)19-40-36(51)30-17-26(48)20-47(30)37(52)34(38(2,3)4)42-32(50)21-45-13-15-46(16-14-45)29-18-28(43-44-35(29)39)27-7-5-6-8-31(27)49/h5-12,18,22,26,30,34,48-49H,13-17,19-21H2,1-4H3,(H2,39,44)(H,40,51)(H,42,50)/t26-,30-,34+/m0/s1. The van der Waals surface area contributed by atoms with Crippen LogP contribution in [0.1, 0.15) is 38.4 Å². The molecule has 53 heavy (non-hydrogen) atoms. The van der Waals surface area contributed by atoms with E-state index in [1.807, 2.05) is 74.5 Å². The number of aromatic hydroxyl groups is 1. The summed E-state index contributed by atoms with van der Waals surface area (Å²) in [6.45, 7) is 10.2. The van der Waals surface area contributed by atoms with E-state index in [2.05, 4.69) is 30.7 Å². The third kappa shape index (κ3) is 8.75. The number of benzene rings is 2. The van der Waals surface area contributed by atoms with Gasteiger partial charge in [0, 0.05) is 51.3 Å². The van der Waals surface area contributed by atoms with Gasteiger partial charge in [-0.05, 0) is 41.7 Å². The Hall–Kier alpha value is -5.12. The number of piperazine rings is 1. The molecule has 6 N–H and O–H groups in total. The minimum atomic E-state index is -0.921. The van der Waals surface area contributed by atoms with Gasteiger partial charge in [0.2, 0.25) is 17.7 Å². The second-order valence-electron chi connectivity index (χ2n) is 14.7. The van der Waals surface area contributed by atoms with Crippen molar-refractivity contribution in [2.45, 2.75) is 58.8 Å². The second kappa shape index (κ2) is 15.9. The number of nitrogens with two attached hydrogens (primary N) is 1. The molecule has 4 aromatic rings. The fourth-order valence-electron chi connectivity index (χ4n) is 6.80. The smallest absolute Gasteiger partial charge is 0.246 e. The Balaban J connectivity index is 1.04. The van der Waals surface area contributed by atoms with Crippen molar-refractivity contribution in [3.63, 3.8) is 0 Å². The van der Waals surface area contributed by atoms with Gasteiger partial charge in [0.05, 0.1) is 40.1 Å². The SMILES string of the molecule is Cc1ncsc1-c1ccc(CNC(=O)[C@@H]2C[C@H](O)CN2C(=O)[C@@H](NC(=O)CN2CCN(c3cc(-c4ccccc4O)nnc3N)CC2)C(C)(C)C)cc1. The number of thiazole rings is 1. The first-order valence-corrected chi connectivity index (χ1v) is 18.6. The lowest BCUT2D eigenvalue weighted by atomic mass is 9.85. The number of aryl methyl sites for hydroxylation is 1. The van der Waals surface area contributed by atoms with E-state index in [0.717, 1.165) is 21.7 Å². The number of nitrogens with one attached hydrogen (secondary N) is 2. The van der Waals surface area contributed by atoms with E-state index in [-0.39, 0.29) is 49.4 Å². The van der Waals surface area contributed by atoms with Gasteiger partial charge in [-0.15, -0.1) is 21.5 Å². The number of phenolic OH excluding ortho intramolecular Hbond substituents is 1. The monoisotopic (exact) mass is 741 g/mol. The first-order chi connectivity index (χ1) is 25.3. The first-order valence-electron chi connectivity index (χ1n) is 17.7. The van der Waals surface area contributed by atoms with Crippen LogP contribution in [0.15, 0.2) is 60.1 Å². The van der Waals surface area contributed by atoms with E-state index < -0.39 is 29.5 Å². The Kier molecular flexibility index (Phi) is 11.3. The fraction of sp³-hybridized carbons (Fsp3) is 0.421. The fourth-order valence-corrected chi connectivity index (χ4v) is 7.62. The van der Waals surface area contributed by atoms with E-state index in [0.29, 0.717) is 43.1 Å². The summed E-state index contributed by atoms with van der Waals surface area (Å²) < 4.78 is 0. The zero-order valence-electron chi connectivity index (χ0n) is 30.5. The van der Waals surface area contributed by atoms with Crippen LogP contribution in [-0.2, 0) is 20.9 Å². The number of β-amino-alcohol motifs (C(OH)–C–C–N with tert-alkyl or cyclic N) is 1. The highest BCUT2D eigenvalue weighted by molar-refractivity contribution is 7.13. The lowest BCUT2D eigenvalue weighted by molar-refractivity contribution is -0.144. The van der Waals surface area contributed by atoms with Gasteiger partial charge in [-0.2, -0.15) is 0 Å². The predicted octanol–water partition coefficient (Wildman–Crippen LogP) is 2.79. The van der Waals surface area contributed by atoms with Crippen LogP contribution in [0.5, 0.6) is 5.75 Å². The molecule has 14 nitrogen and oxygen atoms in total. The minimum absolute atomic E-state index is 0.00280. The molecule has 2 fully saturated rings. The van der Waals surface area contributed by atoms with Crippen LogP contribution < -0.4 is 21.3 Å². The number of aliphatic hydroxyl groups excluding tert-OH is 1. The third-order valence-corrected chi connectivity index (χ3v) is 10.8. The summed E-state index contributed by atoms with van der Waals surface area (Å²) in [6.07, 6.45) is -0.745. The van der Waals surface area contributed by atoms with Crippen molar-refractivity contribution in [2.24, 2.45) is 5.41 Å². The van der Waals surface area contributed by atoms with Crippen LogP contribution in [0, 0.1) is 12.3 Å². The molecule has 0 unspecified atom stereocenters. The molecule has 15 heteroatoms. The molecule has 3 atom stereocenters. The normalized spacial score (nSPS) is 18.5. The summed E-state index contributed by atoms with van der Waals surface area (Å²) in [5.41, 5.74) is 12.0. The zero-order chi connectivity index (χ0) is 37.9. The summed E-state index contributed by atoms with van der Waals surface area (Å²) >= 11 is 1.58. The molecule has 280 valence electrons. The van der Waals surface area contributed by atoms with Crippen molar-refractivity contribution < 1.29 is 24.6 Å². The van der Waals surface area contributed by atoms with E-state index in [1.54, 1.807) is 29.5 Å². The number of aliphatic hydroxyl groups is 1. The largest absolute Gasteiger partial charge is 0.507 e. The number of amides is 3. The molecular formula is C38H47N9O5S. The molecule has 6 rings (SSSR count). The van der Waals surface area contributed by atoms with Crippen LogP contribution in [0.3, 0.4) is 0 Å². The van der Waals surface area contributed by atoms with Gasteiger partial charge in [0.15, 0.2) is 5.82 Å². The van der Waals surface area contributed by atoms with Gasteiger partial charge in [-0.25, -0.2) is 4.98 Å². The molecule has 0 spiro atoms. The lowest BCUT2D eigenvalue weighted by Crippen LogP contribution is -2.59. The quantitative estimate of drug-likeness (QED) is 0.161. The number of carbonyl (C=O) groups excluding carboxylic acids is 3. The summed E-state index contributed by atoms with van der Waals surface area (Å²) in [4.78, 5) is 51.9. The predicted molar refractivity (Wildman–Crippen MR) is 204 cm³/mol. The molecule has 4 heterocycles. The summed E-state index contributed by atoms with van der Waals surface area (Å²) in [6, 6.07) is 14.8. The van der Waals surface area contributed by atoms with Crippen molar-refractivity contribution in [1.29, 1.82) is 0 Å². The van der Waals surface area contributed by atoms with E-state index in [4.69, 9.17) is 5.73 Å². The van der Waals surface area contributed by atoms with Gasteiger partial charge in [0.1, 0.15) is 17.8 Å². The Labute approximate surface area is 313 Å². The van der Waals surface area contributed by atoms with Crippen molar-refractivity contribution in [2.75, 3.05) is 49.9 Å². The molecule has 3 amide bonds. The van der Waals surface area contributed by atoms with Gasteiger partial charge in [-0.1, -0.05) is 57.2 Å². The highest BCUT2D eigenvalue weighted by Crippen LogP contribution is 2.32. The molecule has 2 aliphatic rings. The molecule has 2 saturated heterocycles. The number of rotatable bonds is 10. The number of hydrogen-bond donors (Lipinski definition) is 5. The molecule has 2 aromatic heterocycles. The maximum Gasteiger partial charge on any atom is 0.246 e. The minimum Gasteiger partial charge on any atom is -0.507 e. The van der Waals surface area contributed by atoms with Crippen molar-refractivity contribution in [1.82, 2.24) is 35.6 Å². The maximum absolute atomic E-state index is 14.1. The molecular weight excluding hydrogens is 695 g/mol. The number of hydrogen-bond acceptors (Lipinski definition) is 12. The molecule has 0 radical (unpaired) electrons. The average Bonchev–Trinajstić information content (AvgIpc) is 3.75. The van der Waals surface area contributed by atoms with Gasteiger partial charge >= 0.3 is 0 Å². The number of phenols is 1. The molecule has 0 bridgehead atoms. The van der Waals surface area contributed by atoms with Gasteiger partial charge in [-0.3, -0.25) is 19.3 Å². The van der Waals surface area contributed by atoms with Crippen molar-refractivity contribution >= 4 is 40.6 Å². The highest BCUT2D eigenvalue weighted by Gasteiger charge is 2.44. The number of para-hydroxylation sites is 1. The number of aromatic nitrogens is 3. The first kappa shape index (κ1) is 37.6. The topological polar surface area (TPSA) is 190 Å². The molecule has 2 aromatic carbocycles. The van der Waals surface area contributed by atoms with Crippen LogP contribution in [0.25, 0.3) is 21.7 Å². The summed E-state index contributed by atoms with van der Waals surface area (Å²) in [7, 11) is 0. The van der Waals surface area contributed by atoms with Gasteiger partial charge in [0.25, 0.3) is 0 Å². The Bertz CT molecular complexity index is 1940. The Morgan fingerprint density at radius 3 is 2.42 bits per heavy atom. The van der Waals surface area contributed by atoms with E-state index in [1.165, 1.54) is 4.90 Å². The molecule has 0 saturated carbocycles. The van der Waals surface area contributed by atoms with Crippen LogP contribution in [0.2, 0.25) is 0 Å².